The van der Waals surface area contributed by atoms with E-state index in [0.29, 0.717) is 26.3 Å². The summed E-state index contributed by atoms with van der Waals surface area (Å²) in [5.74, 6) is 2.00. The van der Waals surface area contributed by atoms with Gasteiger partial charge in [-0.05, 0) is 30.2 Å². The number of nitrogens with zero attached hydrogens (tertiary/aromatic N) is 5. The van der Waals surface area contributed by atoms with Crippen LogP contribution in [0.5, 0.6) is 0 Å². The molecule has 0 aliphatic carbocycles. The molecule has 0 atom stereocenters. The molecule has 0 spiro atoms. The molecular formula is C22H26N6O2S. The number of nitrogens with one attached hydrogen (secondary N) is 1. The van der Waals surface area contributed by atoms with Crippen LogP contribution in [0.4, 0.5) is 5.82 Å². The first-order valence-corrected chi connectivity index (χ1v) is 11.3. The predicted molar refractivity (Wildman–Crippen MR) is 120 cm³/mol. The highest BCUT2D eigenvalue weighted by Gasteiger charge is 2.14. The van der Waals surface area contributed by atoms with Crippen molar-refractivity contribution in [2.75, 3.05) is 37.0 Å². The number of rotatable bonds is 8. The molecular weight excluding hydrogens is 412 g/mol. The smallest absolute Gasteiger partial charge is 0.230 e. The Morgan fingerprint density at radius 1 is 1.13 bits per heavy atom. The minimum atomic E-state index is -0.0401. The van der Waals surface area contributed by atoms with E-state index in [4.69, 9.17) is 4.74 Å². The average molecular weight is 439 g/mol. The monoisotopic (exact) mass is 438 g/mol. The van der Waals surface area contributed by atoms with Crippen molar-refractivity contribution in [3.05, 3.63) is 65.6 Å². The summed E-state index contributed by atoms with van der Waals surface area (Å²) in [5.41, 5.74) is 2.20. The van der Waals surface area contributed by atoms with E-state index in [-0.39, 0.29) is 11.7 Å². The van der Waals surface area contributed by atoms with Gasteiger partial charge in [0.15, 0.2) is 5.16 Å². The van der Waals surface area contributed by atoms with Crippen molar-refractivity contribution in [2.24, 2.45) is 0 Å². The van der Waals surface area contributed by atoms with Crippen LogP contribution >= 0.6 is 11.8 Å². The Balaban J connectivity index is 1.29. The molecule has 0 bridgehead atoms. The summed E-state index contributed by atoms with van der Waals surface area (Å²) >= 11 is 1.40. The molecule has 2 aromatic heterocycles. The highest BCUT2D eigenvalue weighted by Crippen LogP contribution is 2.19. The van der Waals surface area contributed by atoms with Crippen molar-refractivity contribution in [2.45, 2.75) is 25.2 Å². The lowest BCUT2D eigenvalue weighted by Gasteiger charge is -2.28. The Morgan fingerprint density at radius 2 is 1.94 bits per heavy atom. The molecule has 1 saturated heterocycles. The zero-order valence-corrected chi connectivity index (χ0v) is 18.3. The second-order valence-electron chi connectivity index (χ2n) is 7.29. The minimum absolute atomic E-state index is 0.0401. The highest BCUT2D eigenvalue weighted by molar-refractivity contribution is 7.99. The average Bonchev–Trinajstić information content (AvgIpc) is 3.17. The van der Waals surface area contributed by atoms with Crippen LogP contribution in [0, 0.1) is 6.92 Å². The van der Waals surface area contributed by atoms with Gasteiger partial charge in [0.1, 0.15) is 11.6 Å². The summed E-state index contributed by atoms with van der Waals surface area (Å²) < 4.78 is 7.43. The van der Waals surface area contributed by atoms with E-state index < -0.39 is 0 Å². The number of thioether (sulfide) groups is 1. The Labute approximate surface area is 186 Å². The maximum absolute atomic E-state index is 12.4. The Kier molecular flexibility index (Phi) is 7.16. The van der Waals surface area contributed by atoms with Crippen LogP contribution in [0.1, 0.15) is 17.0 Å². The van der Waals surface area contributed by atoms with Gasteiger partial charge in [-0.2, -0.15) is 0 Å². The summed E-state index contributed by atoms with van der Waals surface area (Å²) in [6, 6.07) is 14.1. The summed E-state index contributed by atoms with van der Waals surface area (Å²) in [4.78, 5) is 19.1. The topological polar surface area (TPSA) is 85.2 Å². The number of benzene rings is 1. The summed E-state index contributed by atoms with van der Waals surface area (Å²) in [6.45, 7) is 6.18. The normalized spacial score (nSPS) is 13.9. The SMILES string of the molecule is Cc1nnc(SCC(=O)NCc2ccnc(N3CCOCC3)c2)n1Cc1ccccc1. The first-order valence-electron chi connectivity index (χ1n) is 10.3. The Bertz CT molecular complexity index is 1000. The van der Waals surface area contributed by atoms with Gasteiger partial charge < -0.3 is 19.5 Å². The van der Waals surface area contributed by atoms with Crippen LogP contribution in [0.15, 0.2) is 53.8 Å². The summed E-state index contributed by atoms with van der Waals surface area (Å²) in [7, 11) is 0. The van der Waals surface area contributed by atoms with Crippen LogP contribution in [0.25, 0.3) is 0 Å². The van der Waals surface area contributed by atoms with E-state index in [2.05, 4.69) is 37.5 Å². The number of hydrogen-bond acceptors (Lipinski definition) is 7. The number of ether oxygens (including phenoxy) is 1. The van der Waals surface area contributed by atoms with Gasteiger partial charge in [0.25, 0.3) is 0 Å². The number of pyridine rings is 1. The van der Waals surface area contributed by atoms with Crippen LogP contribution in [-0.2, 0) is 22.6 Å². The van der Waals surface area contributed by atoms with E-state index in [1.807, 2.05) is 41.8 Å². The molecule has 1 N–H and O–H groups in total. The summed E-state index contributed by atoms with van der Waals surface area (Å²) in [5, 5.41) is 12.1. The van der Waals surface area contributed by atoms with Gasteiger partial charge in [0, 0.05) is 25.8 Å². The number of carbonyl (C=O) groups is 1. The first kappa shape index (κ1) is 21.3. The predicted octanol–water partition coefficient (Wildman–Crippen LogP) is 2.27. The molecule has 0 saturated carbocycles. The van der Waals surface area contributed by atoms with Crippen molar-refractivity contribution in [3.8, 4) is 0 Å². The molecule has 31 heavy (non-hydrogen) atoms. The molecule has 0 radical (unpaired) electrons. The van der Waals surface area contributed by atoms with Gasteiger partial charge in [0.05, 0.1) is 25.5 Å². The van der Waals surface area contributed by atoms with E-state index in [1.165, 1.54) is 17.3 Å². The number of aromatic nitrogens is 4. The van der Waals surface area contributed by atoms with Gasteiger partial charge in [-0.1, -0.05) is 42.1 Å². The van der Waals surface area contributed by atoms with Crippen LogP contribution in [0.2, 0.25) is 0 Å². The molecule has 1 aliphatic rings. The first-order chi connectivity index (χ1) is 15.2. The van der Waals surface area contributed by atoms with Crippen LogP contribution < -0.4 is 10.2 Å². The standard InChI is InChI=1S/C22H26N6O2S/c1-17-25-26-22(28(17)15-18-5-3-2-4-6-18)31-16-21(29)24-14-19-7-8-23-20(13-19)27-9-11-30-12-10-27/h2-8,13H,9-12,14-16H2,1H3,(H,24,29). The number of anilines is 1. The fourth-order valence-electron chi connectivity index (χ4n) is 3.33. The molecule has 162 valence electrons. The molecule has 1 amide bonds. The quantitative estimate of drug-likeness (QED) is 0.540. The molecule has 1 aliphatic heterocycles. The lowest BCUT2D eigenvalue weighted by atomic mass is 10.2. The molecule has 4 rings (SSSR count). The molecule has 8 nitrogen and oxygen atoms in total. The van der Waals surface area contributed by atoms with E-state index in [0.717, 1.165) is 35.5 Å². The number of morpholine rings is 1. The molecule has 3 aromatic rings. The zero-order chi connectivity index (χ0) is 21.5. The summed E-state index contributed by atoms with van der Waals surface area (Å²) in [6.07, 6.45) is 1.79. The van der Waals surface area contributed by atoms with E-state index in [9.17, 15) is 4.79 Å². The third-order valence-electron chi connectivity index (χ3n) is 5.05. The van der Waals surface area contributed by atoms with Gasteiger partial charge >= 0.3 is 0 Å². The van der Waals surface area contributed by atoms with Crippen molar-refractivity contribution >= 4 is 23.5 Å². The zero-order valence-electron chi connectivity index (χ0n) is 17.5. The third-order valence-corrected chi connectivity index (χ3v) is 6.02. The molecule has 1 fully saturated rings. The molecule has 3 heterocycles. The number of hydrogen-bond donors (Lipinski definition) is 1. The minimum Gasteiger partial charge on any atom is -0.378 e. The van der Waals surface area contributed by atoms with Gasteiger partial charge in [0.2, 0.25) is 5.91 Å². The second kappa shape index (κ2) is 10.4. The maximum atomic E-state index is 12.4. The van der Waals surface area contributed by atoms with Gasteiger partial charge in [-0.15, -0.1) is 10.2 Å². The van der Waals surface area contributed by atoms with Gasteiger partial charge in [-0.25, -0.2) is 4.98 Å². The number of amides is 1. The van der Waals surface area contributed by atoms with Crippen molar-refractivity contribution in [1.82, 2.24) is 25.1 Å². The largest absolute Gasteiger partial charge is 0.378 e. The Hall–Kier alpha value is -2.91. The number of aryl methyl sites for hydroxylation is 1. The second-order valence-corrected chi connectivity index (χ2v) is 8.23. The van der Waals surface area contributed by atoms with Gasteiger partial charge in [-0.3, -0.25) is 4.79 Å². The fourth-order valence-corrected chi connectivity index (χ4v) is 4.15. The lowest BCUT2D eigenvalue weighted by Crippen LogP contribution is -2.36. The van der Waals surface area contributed by atoms with Crippen molar-refractivity contribution < 1.29 is 9.53 Å². The van der Waals surface area contributed by atoms with Crippen LogP contribution in [0.3, 0.4) is 0 Å². The molecule has 1 aromatic carbocycles. The lowest BCUT2D eigenvalue weighted by molar-refractivity contribution is -0.118. The Morgan fingerprint density at radius 3 is 2.74 bits per heavy atom. The van der Waals surface area contributed by atoms with Crippen molar-refractivity contribution in [3.63, 3.8) is 0 Å². The maximum Gasteiger partial charge on any atom is 0.230 e. The molecule has 0 unspecified atom stereocenters. The number of carbonyl (C=O) groups excluding carboxylic acids is 1. The van der Waals surface area contributed by atoms with Crippen LogP contribution in [-0.4, -0.2) is 57.7 Å². The van der Waals surface area contributed by atoms with E-state index in [1.54, 1.807) is 6.20 Å². The fraction of sp³-hybridized carbons (Fsp3) is 0.364. The van der Waals surface area contributed by atoms with Crippen molar-refractivity contribution in [1.29, 1.82) is 0 Å². The van der Waals surface area contributed by atoms with E-state index >= 15 is 0 Å². The highest BCUT2D eigenvalue weighted by atomic mass is 32.2. The third kappa shape index (κ3) is 5.83. The molecule has 9 heteroatoms.